The van der Waals surface area contributed by atoms with Crippen molar-refractivity contribution in [1.82, 2.24) is 15.0 Å². The van der Waals surface area contributed by atoms with Crippen LogP contribution in [0.25, 0.3) is 6.08 Å². The van der Waals surface area contributed by atoms with Crippen LogP contribution in [-0.4, -0.2) is 66.0 Å². The molecule has 1 saturated heterocycles. The fourth-order valence-corrected chi connectivity index (χ4v) is 3.36. The third kappa shape index (κ3) is 6.02. The molecular weight excluding hydrogens is 368 g/mol. The fraction of sp³-hybridized carbons (Fsp3) is 0.409. The smallest absolute Gasteiger partial charge is 0.225 e. The highest BCUT2D eigenvalue weighted by atomic mass is 16.5. The van der Waals surface area contributed by atoms with Crippen LogP contribution in [0, 0.1) is 6.92 Å². The highest BCUT2D eigenvalue weighted by molar-refractivity contribution is 5.91. The SMILES string of the molecule is CC(=O)N(CCC(=O)N1CCN(C/C=C/c2ccccc2)CC1)c1cc(C)on1. The third-order valence-electron chi connectivity index (χ3n) is 5.02. The predicted molar refractivity (Wildman–Crippen MR) is 112 cm³/mol. The first-order valence-electron chi connectivity index (χ1n) is 9.96. The molecule has 0 saturated carbocycles. The second kappa shape index (κ2) is 10.0. The molecular formula is C22H28N4O3. The van der Waals surface area contributed by atoms with Crippen LogP contribution >= 0.6 is 0 Å². The summed E-state index contributed by atoms with van der Waals surface area (Å²) in [4.78, 5) is 30.2. The molecule has 29 heavy (non-hydrogen) atoms. The molecule has 2 aromatic rings. The van der Waals surface area contributed by atoms with Crippen molar-refractivity contribution in [3.05, 3.63) is 53.8 Å². The van der Waals surface area contributed by atoms with Crippen LogP contribution in [0.1, 0.15) is 24.7 Å². The molecule has 2 heterocycles. The number of rotatable bonds is 7. The molecule has 7 heteroatoms. The lowest BCUT2D eigenvalue weighted by Crippen LogP contribution is -2.49. The molecule has 1 aromatic heterocycles. The maximum absolute atomic E-state index is 12.6. The lowest BCUT2D eigenvalue weighted by atomic mass is 10.2. The summed E-state index contributed by atoms with van der Waals surface area (Å²) < 4.78 is 5.04. The molecule has 154 valence electrons. The number of hydrogen-bond acceptors (Lipinski definition) is 5. The molecule has 1 aliphatic heterocycles. The standard InChI is InChI=1S/C22H28N4O3/c1-18-17-21(23-29-18)26(19(2)27)12-10-22(28)25-15-13-24(14-16-25)11-6-9-20-7-4-3-5-8-20/h3-9,17H,10-16H2,1-2H3/b9-6+. The van der Waals surface area contributed by atoms with Gasteiger partial charge in [0.15, 0.2) is 5.82 Å². The van der Waals surface area contributed by atoms with E-state index in [0.29, 0.717) is 31.2 Å². The van der Waals surface area contributed by atoms with Crippen molar-refractivity contribution in [2.75, 3.05) is 44.2 Å². The fourth-order valence-electron chi connectivity index (χ4n) is 3.36. The summed E-state index contributed by atoms with van der Waals surface area (Å²) in [5, 5.41) is 3.88. The lowest BCUT2D eigenvalue weighted by Gasteiger charge is -2.34. The highest BCUT2D eigenvalue weighted by Crippen LogP contribution is 2.15. The van der Waals surface area contributed by atoms with E-state index in [0.717, 1.165) is 19.6 Å². The summed E-state index contributed by atoms with van der Waals surface area (Å²) in [5.41, 5.74) is 1.19. The Morgan fingerprint density at radius 3 is 2.52 bits per heavy atom. The first-order chi connectivity index (χ1) is 14.0. The van der Waals surface area contributed by atoms with Gasteiger partial charge in [0.25, 0.3) is 0 Å². The number of benzene rings is 1. The summed E-state index contributed by atoms with van der Waals surface area (Å²) in [6, 6.07) is 11.9. The van der Waals surface area contributed by atoms with E-state index in [2.05, 4.69) is 34.3 Å². The molecule has 1 aliphatic rings. The number of piperazine rings is 1. The number of aryl methyl sites for hydroxylation is 1. The molecule has 7 nitrogen and oxygen atoms in total. The van der Waals surface area contributed by atoms with E-state index in [-0.39, 0.29) is 18.2 Å². The number of carbonyl (C=O) groups is 2. The normalized spacial score (nSPS) is 15.0. The molecule has 2 amide bonds. The molecule has 3 rings (SSSR count). The first kappa shape index (κ1) is 20.8. The van der Waals surface area contributed by atoms with Gasteiger partial charge in [-0.3, -0.25) is 19.4 Å². The van der Waals surface area contributed by atoms with Gasteiger partial charge in [-0.1, -0.05) is 47.6 Å². The van der Waals surface area contributed by atoms with E-state index in [1.807, 2.05) is 23.1 Å². The number of carbonyl (C=O) groups excluding carboxylic acids is 2. The Kier molecular flexibility index (Phi) is 7.19. The average Bonchev–Trinajstić information content (AvgIpc) is 3.15. The van der Waals surface area contributed by atoms with Crippen LogP contribution in [0.3, 0.4) is 0 Å². The zero-order chi connectivity index (χ0) is 20.6. The van der Waals surface area contributed by atoms with Crippen LogP contribution in [0.5, 0.6) is 0 Å². The first-order valence-corrected chi connectivity index (χ1v) is 9.96. The topological polar surface area (TPSA) is 69.9 Å². The molecule has 0 bridgehead atoms. The van der Waals surface area contributed by atoms with Crippen molar-refractivity contribution in [2.24, 2.45) is 0 Å². The molecule has 0 aliphatic carbocycles. The van der Waals surface area contributed by atoms with Gasteiger partial charge in [-0.25, -0.2) is 0 Å². The Labute approximate surface area is 171 Å². The minimum Gasteiger partial charge on any atom is -0.360 e. The number of aromatic nitrogens is 1. The zero-order valence-corrected chi connectivity index (χ0v) is 17.1. The number of amides is 2. The van der Waals surface area contributed by atoms with Crippen molar-refractivity contribution in [1.29, 1.82) is 0 Å². The molecule has 0 atom stereocenters. The van der Waals surface area contributed by atoms with Gasteiger partial charge in [-0.15, -0.1) is 0 Å². The summed E-state index contributed by atoms with van der Waals surface area (Å²) >= 11 is 0. The van der Waals surface area contributed by atoms with Gasteiger partial charge < -0.3 is 9.42 Å². The minimum atomic E-state index is -0.152. The number of anilines is 1. The Hall–Kier alpha value is -2.93. The Balaban J connectivity index is 1.42. The van der Waals surface area contributed by atoms with Gasteiger partial charge in [0, 0.05) is 58.7 Å². The molecule has 1 aromatic carbocycles. The van der Waals surface area contributed by atoms with Crippen LogP contribution < -0.4 is 4.90 Å². The van der Waals surface area contributed by atoms with Crippen molar-refractivity contribution in [2.45, 2.75) is 20.3 Å². The zero-order valence-electron chi connectivity index (χ0n) is 17.1. The molecule has 0 spiro atoms. The van der Waals surface area contributed by atoms with Gasteiger partial charge in [-0.05, 0) is 12.5 Å². The van der Waals surface area contributed by atoms with Gasteiger partial charge in [-0.2, -0.15) is 0 Å². The maximum Gasteiger partial charge on any atom is 0.225 e. The Bertz CT molecular complexity index is 839. The van der Waals surface area contributed by atoms with Crippen LogP contribution in [-0.2, 0) is 9.59 Å². The monoisotopic (exact) mass is 396 g/mol. The number of nitrogens with zero attached hydrogens (tertiary/aromatic N) is 4. The van der Waals surface area contributed by atoms with E-state index in [1.165, 1.54) is 17.4 Å². The van der Waals surface area contributed by atoms with Crippen molar-refractivity contribution in [3.63, 3.8) is 0 Å². The second-order valence-corrected chi connectivity index (χ2v) is 7.21. The quantitative estimate of drug-likeness (QED) is 0.719. The van der Waals surface area contributed by atoms with E-state index < -0.39 is 0 Å². The van der Waals surface area contributed by atoms with Crippen LogP contribution in [0.4, 0.5) is 5.82 Å². The van der Waals surface area contributed by atoms with Gasteiger partial charge >= 0.3 is 0 Å². The van der Waals surface area contributed by atoms with Crippen molar-refractivity contribution in [3.8, 4) is 0 Å². The van der Waals surface area contributed by atoms with E-state index in [9.17, 15) is 9.59 Å². The van der Waals surface area contributed by atoms with Gasteiger partial charge in [0.05, 0.1) is 0 Å². The third-order valence-corrected chi connectivity index (χ3v) is 5.02. The molecule has 0 radical (unpaired) electrons. The average molecular weight is 396 g/mol. The van der Waals surface area contributed by atoms with Crippen molar-refractivity contribution < 1.29 is 14.1 Å². The van der Waals surface area contributed by atoms with Crippen LogP contribution in [0.15, 0.2) is 47.0 Å². The van der Waals surface area contributed by atoms with E-state index >= 15 is 0 Å². The lowest BCUT2D eigenvalue weighted by molar-refractivity contribution is -0.132. The highest BCUT2D eigenvalue weighted by Gasteiger charge is 2.22. The predicted octanol–water partition coefficient (Wildman–Crippen LogP) is 2.58. The summed E-state index contributed by atoms with van der Waals surface area (Å²) in [5.74, 6) is 1.00. The summed E-state index contributed by atoms with van der Waals surface area (Å²) in [7, 11) is 0. The summed E-state index contributed by atoms with van der Waals surface area (Å²) in [6.45, 7) is 7.54. The van der Waals surface area contributed by atoms with E-state index in [4.69, 9.17) is 4.52 Å². The van der Waals surface area contributed by atoms with Gasteiger partial charge in [0.2, 0.25) is 11.8 Å². The van der Waals surface area contributed by atoms with E-state index in [1.54, 1.807) is 13.0 Å². The van der Waals surface area contributed by atoms with Crippen molar-refractivity contribution >= 4 is 23.7 Å². The molecule has 0 N–H and O–H groups in total. The Morgan fingerprint density at radius 2 is 1.90 bits per heavy atom. The Morgan fingerprint density at radius 1 is 1.17 bits per heavy atom. The van der Waals surface area contributed by atoms with Crippen LogP contribution in [0.2, 0.25) is 0 Å². The molecule has 1 fully saturated rings. The van der Waals surface area contributed by atoms with Gasteiger partial charge in [0.1, 0.15) is 5.76 Å². The second-order valence-electron chi connectivity index (χ2n) is 7.21. The minimum absolute atomic E-state index is 0.0657. The maximum atomic E-state index is 12.6. The molecule has 0 unspecified atom stereocenters. The number of hydrogen-bond donors (Lipinski definition) is 0. The summed E-state index contributed by atoms with van der Waals surface area (Å²) in [6.07, 6.45) is 4.57. The largest absolute Gasteiger partial charge is 0.360 e.